The molecule has 1 saturated carbocycles. The topological polar surface area (TPSA) is 152 Å². The number of hydrogen-bond donors (Lipinski definition) is 4. The lowest BCUT2D eigenvalue weighted by atomic mass is 9.88. The Kier molecular flexibility index (Phi) is 32.4. The van der Waals surface area contributed by atoms with Crippen molar-refractivity contribution < 1.29 is 52.6 Å². The minimum atomic E-state index is -4.35. The fourth-order valence-corrected chi connectivity index (χ4v) is 8.24. The summed E-state index contributed by atoms with van der Waals surface area (Å²) < 4.78 is 34.8. The minimum Gasteiger partial charge on any atom is -0.498 e. The van der Waals surface area contributed by atoms with E-state index in [2.05, 4.69) is 13.8 Å². The number of ether oxygens (including phenoxy) is 2. The largest absolute Gasteiger partial charge is 0.498 e. The number of allylic oxidation sites excluding steroid dienone is 1. The number of carbonyl (C=O) groups excluding carboxylic acids is 1. The Morgan fingerprint density at radius 2 is 1.33 bits per heavy atom. The normalized spacial score (nSPS) is 20.8. The lowest BCUT2D eigenvalue weighted by molar-refractivity contribution is -0.870. The van der Waals surface area contributed by atoms with Gasteiger partial charge in [-0.25, -0.2) is 4.57 Å². The summed E-state index contributed by atoms with van der Waals surface area (Å²) in [6.45, 7) is 4.60. The minimum absolute atomic E-state index is 0.0131. The van der Waals surface area contributed by atoms with E-state index < -0.39 is 38.2 Å². The average Bonchev–Trinajstić information content (AvgIpc) is 3.43. The van der Waals surface area contributed by atoms with E-state index in [4.69, 9.17) is 18.5 Å². The van der Waals surface area contributed by atoms with Crippen LogP contribution in [0.5, 0.6) is 0 Å². The maximum atomic E-state index is 12.8. The zero-order valence-corrected chi connectivity index (χ0v) is 38.5. The van der Waals surface area contributed by atoms with Crippen molar-refractivity contribution in [2.24, 2.45) is 11.8 Å². The Morgan fingerprint density at radius 3 is 1.95 bits per heavy atom. The van der Waals surface area contributed by atoms with Gasteiger partial charge in [0.2, 0.25) is 0 Å². The van der Waals surface area contributed by atoms with Crippen LogP contribution in [0.1, 0.15) is 181 Å². The van der Waals surface area contributed by atoms with Gasteiger partial charge in [0, 0.05) is 18.8 Å². The van der Waals surface area contributed by atoms with Crippen molar-refractivity contribution in [3.63, 3.8) is 0 Å². The number of likely N-dealkylation sites (N-methyl/N-ethyl adjacent to an activating group) is 1. The molecule has 0 amide bonds. The van der Waals surface area contributed by atoms with E-state index in [-0.39, 0.29) is 38.1 Å². The van der Waals surface area contributed by atoms with Gasteiger partial charge >= 0.3 is 13.8 Å². The second-order valence-corrected chi connectivity index (χ2v) is 19.3. The quantitative estimate of drug-likeness (QED) is 0.0117. The van der Waals surface area contributed by atoms with Crippen molar-refractivity contribution >= 4 is 13.8 Å². The Balaban J connectivity index is 2.42. The average molecular weight is 847 g/mol. The van der Waals surface area contributed by atoms with Crippen LogP contribution in [-0.2, 0) is 27.9 Å². The molecule has 0 bridgehead atoms. The highest BCUT2D eigenvalue weighted by Crippen LogP contribution is 2.43. The maximum Gasteiger partial charge on any atom is 0.472 e. The third kappa shape index (κ3) is 30.7. The lowest BCUT2D eigenvalue weighted by Gasteiger charge is -2.24. The summed E-state index contributed by atoms with van der Waals surface area (Å²) in [5.74, 6) is -0.671. The molecular formula is C46H89NO10P+. The predicted octanol–water partition coefficient (Wildman–Crippen LogP) is 10.3. The van der Waals surface area contributed by atoms with E-state index >= 15 is 0 Å². The van der Waals surface area contributed by atoms with Crippen LogP contribution in [0.3, 0.4) is 0 Å². The Morgan fingerprint density at radius 1 is 0.759 bits per heavy atom. The van der Waals surface area contributed by atoms with E-state index in [1.54, 1.807) is 12.3 Å². The Labute approximate surface area is 354 Å². The molecule has 7 atom stereocenters. The number of aliphatic hydroxyl groups is 3. The van der Waals surface area contributed by atoms with Crippen molar-refractivity contribution in [1.82, 2.24) is 0 Å². The number of esters is 1. The molecule has 1 fully saturated rings. The summed E-state index contributed by atoms with van der Waals surface area (Å²) in [5.41, 5.74) is 0. The summed E-state index contributed by atoms with van der Waals surface area (Å²) in [5, 5.41) is 31.5. The molecular weight excluding hydrogens is 757 g/mol. The highest BCUT2D eigenvalue weighted by Gasteiger charge is 2.39. The van der Waals surface area contributed by atoms with Gasteiger partial charge in [0.25, 0.3) is 0 Å². The van der Waals surface area contributed by atoms with Gasteiger partial charge < -0.3 is 34.2 Å². The predicted molar refractivity (Wildman–Crippen MR) is 235 cm³/mol. The molecule has 0 saturated heterocycles. The third-order valence-corrected chi connectivity index (χ3v) is 12.2. The maximum absolute atomic E-state index is 12.8. The smallest absolute Gasteiger partial charge is 0.472 e. The fourth-order valence-electron chi connectivity index (χ4n) is 7.50. The lowest BCUT2D eigenvalue weighted by Crippen LogP contribution is -2.37. The monoisotopic (exact) mass is 847 g/mol. The second kappa shape index (κ2) is 34.3. The molecule has 1 unspecified atom stereocenters. The van der Waals surface area contributed by atoms with Gasteiger partial charge in [-0.05, 0) is 44.1 Å². The zero-order chi connectivity index (χ0) is 42.9. The van der Waals surface area contributed by atoms with Crippen LogP contribution in [-0.4, -0.2) is 103 Å². The van der Waals surface area contributed by atoms with Gasteiger partial charge in [-0.2, -0.15) is 0 Å². The van der Waals surface area contributed by atoms with E-state index in [0.29, 0.717) is 30.3 Å². The van der Waals surface area contributed by atoms with E-state index in [9.17, 15) is 29.6 Å². The van der Waals surface area contributed by atoms with Crippen molar-refractivity contribution in [1.29, 1.82) is 0 Å². The number of quaternary nitrogens is 1. The molecule has 0 heterocycles. The number of phosphoric ester groups is 1. The molecule has 1 aliphatic rings. The first-order valence-electron chi connectivity index (χ1n) is 23.4. The molecule has 1 rings (SSSR count). The van der Waals surface area contributed by atoms with Crippen molar-refractivity contribution in [3.05, 3.63) is 24.5 Å². The summed E-state index contributed by atoms with van der Waals surface area (Å²) in [4.78, 5) is 23.1. The summed E-state index contributed by atoms with van der Waals surface area (Å²) in [6.07, 6.45) is 32.2. The summed E-state index contributed by atoms with van der Waals surface area (Å²) >= 11 is 0. The highest BCUT2D eigenvalue weighted by molar-refractivity contribution is 7.47. The first-order chi connectivity index (χ1) is 27.8. The molecule has 0 radical (unpaired) electrons. The van der Waals surface area contributed by atoms with Gasteiger partial charge in [0.15, 0.2) is 6.10 Å². The van der Waals surface area contributed by atoms with Crippen LogP contribution < -0.4 is 0 Å². The molecule has 1 aliphatic carbocycles. The molecule has 58 heavy (non-hydrogen) atoms. The standard InChI is InChI=1S/C46H88NO10P/c1-6-8-10-11-12-13-14-15-16-17-18-19-20-21-24-28-35-54-38-41(39-56-58(52,53)55-36-34-47(3,4)5)57-46(51)31-27-23-22-26-30-42-43(45(50)37-44(42)49)33-32-40(48)29-25-9-7-2/h28,32-33,35,40-45,48-50H,6-27,29-31,34,36-39H2,1-5H3/p+1/b33-32+,35-28+/t40-,41+,42+,43+,44-,45+/m0/s1. The number of unbranched alkanes of at least 4 members (excludes halogenated alkanes) is 19. The van der Waals surface area contributed by atoms with Gasteiger partial charge in [-0.1, -0.05) is 148 Å². The van der Waals surface area contributed by atoms with Gasteiger partial charge in [0.05, 0.1) is 52.3 Å². The van der Waals surface area contributed by atoms with Crippen LogP contribution in [0.15, 0.2) is 24.5 Å². The van der Waals surface area contributed by atoms with Crippen LogP contribution in [0, 0.1) is 11.8 Å². The molecule has 0 aromatic heterocycles. The van der Waals surface area contributed by atoms with E-state index in [1.807, 2.05) is 33.3 Å². The molecule has 0 aliphatic heterocycles. The number of phosphoric acid groups is 1. The first kappa shape index (κ1) is 54.7. The Hall–Kier alpha value is -1.30. The van der Waals surface area contributed by atoms with Crippen LogP contribution in [0.4, 0.5) is 0 Å². The van der Waals surface area contributed by atoms with Gasteiger partial charge in [-0.15, -0.1) is 0 Å². The third-order valence-electron chi connectivity index (χ3n) is 11.2. The van der Waals surface area contributed by atoms with Gasteiger partial charge in [0.1, 0.15) is 19.8 Å². The molecule has 342 valence electrons. The van der Waals surface area contributed by atoms with E-state index in [0.717, 1.165) is 57.8 Å². The summed E-state index contributed by atoms with van der Waals surface area (Å²) in [7, 11) is 1.51. The number of hydrogen-bond acceptors (Lipinski definition) is 9. The molecule has 4 N–H and O–H groups in total. The highest BCUT2D eigenvalue weighted by atomic mass is 31.2. The molecule has 11 nitrogen and oxygen atoms in total. The first-order valence-corrected chi connectivity index (χ1v) is 24.9. The summed E-state index contributed by atoms with van der Waals surface area (Å²) in [6, 6.07) is 0. The molecule has 0 spiro atoms. The number of rotatable bonds is 39. The zero-order valence-electron chi connectivity index (χ0n) is 37.6. The molecule has 0 aromatic carbocycles. The van der Waals surface area contributed by atoms with Crippen LogP contribution in [0.25, 0.3) is 0 Å². The molecule has 0 aromatic rings. The van der Waals surface area contributed by atoms with E-state index in [1.165, 1.54) is 83.5 Å². The number of nitrogens with zero attached hydrogens (tertiary/aromatic N) is 1. The van der Waals surface area contributed by atoms with Crippen LogP contribution in [0.2, 0.25) is 0 Å². The number of aliphatic hydroxyl groups excluding tert-OH is 3. The SMILES string of the molecule is CCCCCCCCCCCCCCCC/C=C/OC[C@H](COP(=O)(O)OCC[N+](C)(C)C)OC(=O)CCCCCC[C@@H]1[C@@H](/C=C/[C@@H](O)CCCCC)[C@H](O)C[C@@H]1O. The van der Waals surface area contributed by atoms with Gasteiger partial charge in [-0.3, -0.25) is 13.8 Å². The van der Waals surface area contributed by atoms with Crippen molar-refractivity contribution in [3.8, 4) is 0 Å². The van der Waals surface area contributed by atoms with Crippen LogP contribution >= 0.6 is 7.82 Å². The number of carbonyl (C=O) groups is 1. The fraction of sp³-hybridized carbons (Fsp3) is 0.891. The second-order valence-electron chi connectivity index (χ2n) is 17.8. The molecule has 12 heteroatoms. The Bertz CT molecular complexity index is 1100. The van der Waals surface area contributed by atoms with Crippen molar-refractivity contribution in [2.75, 3.05) is 47.5 Å². The van der Waals surface area contributed by atoms with Crippen molar-refractivity contribution in [2.45, 2.75) is 205 Å².